The summed E-state index contributed by atoms with van der Waals surface area (Å²) in [6, 6.07) is 36.7. The smallest absolute Gasteiger partial charge is 0.123 e. The third kappa shape index (κ3) is 6.42. The molecule has 0 saturated heterocycles. The first-order chi connectivity index (χ1) is 22.7. The number of aromatic nitrogens is 3. The number of rotatable bonds is 4. The van der Waals surface area contributed by atoms with Crippen molar-refractivity contribution in [2.45, 2.75) is 40.5 Å². The summed E-state index contributed by atoms with van der Waals surface area (Å²) in [6.45, 7) is 10.1. The topological polar surface area (TPSA) is 51.8 Å². The molecule has 235 valence electrons. The van der Waals surface area contributed by atoms with Crippen LogP contribution in [0.15, 0.2) is 108 Å². The van der Waals surface area contributed by atoms with Crippen molar-refractivity contribution in [3.63, 3.8) is 0 Å². The number of thiazole rings is 1. The molecule has 4 aromatic heterocycles. The van der Waals surface area contributed by atoms with Gasteiger partial charge in [-0.05, 0) is 72.4 Å². The fourth-order valence-corrected chi connectivity index (χ4v) is 6.83. The minimum atomic E-state index is -0.808. The van der Waals surface area contributed by atoms with Crippen molar-refractivity contribution in [3.8, 4) is 33.6 Å². The van der Waals surface area contributed by atoms with E-state index in [4.69, 9.17) is 10.8 Å². The Morgan fingerprint density at radius 3 is 2.34 bits per heavy atom. The number of furan rings is 1. The van der Waals surface area contributed by atoms with E-state index in [0.29, 0.717) is 0 Å². The molecule has 8 aromatic rings. The number of fused-ring (bicyclic) bond motifs is 4. The van der Waals surface area contributed by atoms with Gasteiger partial charge in [0.15, 0.2) is 0 Å². The number of nitrogens with zero attached hydrogens (tertiary/aromatic N) is 3. The molecule has 0 unspecified atom stereocenters. The molecule has 8 rings (SSSR count). The Morgan fingerprint density at radius 1 is 0.809 bits per heavy atom. The maximum Gasteiger partial charge on any atom is 0.123 e. The van der Waals surface area contributed by atoms with Crippen LogP contribution < -0.4 is 0 Å². The van der Waals surface area contributed by atoms with E-state index in [1.807, 2.05) is 93.7 Å². The number of hydrogen-bond acceptors (Lipinski definition) is 5. The summed E-state index contributed by atoms with van der Waals surface area (Å²) in [5.41, 5.74) is 11.6. The Labute approximate surface area is 294 Å². The van der Waals surface area contributed by atoms with Crippen molar-refractivity contribution in [3.05, 3.63) is 137 Å². The molecule has 4 nitrogen and oxygen atoms in total. The van der Waals surface area contributed by atoms with Gasteiger partial charge in [-0.3, -0.25) is 0 Å². The second-order valence-electron chi connectivity index (χ2n) is 11.6. The third-order valence-electron chi connectivity index (χ3n) is 8.15. The second kappa shape index (κ2) is 13.7. The summed E-state index contributed by atoms with van der Waals surface area (Å²) in [5.74, 6) is -0.808. The maximum absolute atomic E-state index is 8.93. The number of aryl methyl sites for hydroxylation is 3. The SMILES string of the molecule is [2H]C(C)(C)c1cc(-c2[c-]ccc3c2oc2cc4nc(C)sc4cc23)ncc1-c1c(C)cccc1C.[Ir].[c-]1ccccc1-c1ccccn1. The molecule has 0 aliphatic heterocycles. The minimum Gasteiger partial charge on any atom is -0.501 e. The molecule has 0 aliphatic rings. The summed E-state index contributed by atoms with van der Waals surface area (Å²) in [7, 11) is 0. The van der Waals surface area contributed by atoms with Crippen molar-refractivity contribution >= 4 is 43.5 Å². The van der Waals surface area contributed by atoms with E-state index >= 15 is 0 Å². The van der Waals surface area contributed by atoms with Crippen LogP contribution in [0.25, 0.3) is 65.8 Å². The van der Waals surface area contributed by atoms with Crippen molar-refractivity contribution < 1.29 is 25.9 Å². The van der Waals surface area contributed by atoms with Gasteiger partial charge in [-0.1, -0.05) is 61.2 Å². The average Bonchev–Trinajstić information content (AvgIpc) is 3.62. The van der Waals surface area contributed by atoms with E-state index in [1.54, 1.807) is 17.5 Å². The molecule has 0 aliphatic carbocycles. The van der Waals surface area contributed by atoms with E-state index in [1.165, 1.54) is 11.1 Å². The van der Waals surface area contributed by atoms with Gasteiger partial charge < -0.3 is 14.4 Å². The average molecular weight is 809 g/mol. The molecule has 0 saturated carbocycles. The standard InChI is InChI=1S/C30H25N2OS.C11H8N.Ir/c1-16(2)22-12-25(31-15-24(22)29-17(3)8-6-9-18(29)4)21-11-7-10-20-23-13-28-26(32-19(5)34-28)14-27(23)33-30(20)21;1-2-6-10(7-3-1)11-8-4-5-9-12-11;/h6-10,12-16H,1-5H3;1-6,8-9H;/q2*-1;/i16D;;. The normalized spacial score (nSPS) is 11.6. The molecule has 4 aromatic carbocycles. The molecule has 0 amide bonds. The van der Waals surface area contributed by atoms with Crippen LogP contribution in [-0.2, 0) is 20.1 Å². The van der Waals surface area contributed by atoms with Crippen LogP contribution in [0, 0.1) is 32.9 Å². The fraction of sp³-hybridized carbons (Fsp3) is 0.146. The van der Waals surface area contributed by atoms with Gasteiger partial charge in [0.2, 0.25) is 0 Å². The molecule has 4 heterocycles. The van der Waals surface area contributed by atoms with E-state index in [2.05, 4.69) is 60.2 Å². The van der Waals surface area contributed by atoms with Crippen LogP contribution in [0.2, 0.25) is 0 Å². The van der Waals surface area contributed by atoms with Crippen molar-refractivity contribution in [2.75, 3.05) is 0 Å². The Bertz CT molecular complexity index is 2320. The van der Waals surface area contributed by atoms with Gasteiger partial charge in [-0.2, -0.15) is 0 Å². The number of hydrogen-bond donors (Lipinski definition) is 0. The molecule has 47 heavy (non-hydrogen) atoms. The molecule has 0 N–H and O–H groups in total. The molecule has 6 heteroatoms. The van der Waals surface area contributed by atoms with E-state index in [-0.39, 0.29) is 20.1 Å². The van der Waals surface area contributed by atoms with Crippen LogP contribution in [0.4, 0.5) is 0 Å². The first-order valence-electron chi connectivity index (χ1n) is 15.8. The fourth-order valence-electron chi connectivity index (χ4n) is 5.99. The van der Waals surface area contributed by atoms with Gasteiger partial charge in [0.05, 0.1) is 20.8 Å². The Hall–Kier alpha value is -4.48. The predicted molar refractivity (Wildman–Crippen MR) is 191 cm³/mol. The Balaban J connectivity index is 0.000000260. The zero-order chi connectivity index (χ0) is 32.7. The Kier molecular flexibility index (Phi) is 9.08. The van der Waals surface area contributed by atoms with Crippen molar-refractivity contribution in [1.29, 1.82) is 0 Å². The summed E-state index contributed by atoms with van der Waals surface area (Å²) in [6.07, 6.45) is 3.70. The summed E-state index contributed by atoms with van der Waals surface area (Å²) < 4.78 is 16.5. The van der Waals surface area contributed by atoms with Crippen LogP contribution in [0.3, 0.4) is 0 Å². The van der Waals surface area contributed by atoms with Crippen LogP contribution in [0.5, 0.6) is 0 Å². The summed E-state index contributed by atoms with van der Waals surface area (Å²) in [4.78, 5) is 13.7. The summed E-state index contributed by atoms with van der Waals surface area (Å²) >= 11 is 1.69. The van der Waals surface area contributed by atoms with E-state index < -0.39 is 5.89 Å². The maximum atomic E-state index is 8.93. The first-order valence-corrected chi connectivity index (χ1v) is 16.1. The zero-order valence-corrected chi connectivity index (χ0v) is 30.0. The van der Waals surface area contributed by atoms with Gasteiger partial charge in [-0.15, -0.1) is 65.4 Å². The minimum absolute atomic E-state index is 0. The van der Waals surface area contributed by atoms with Crippen molar-refractivity contribution in [2.24, 2.45) is 0 Å². The molecular formula is C41H33IrN3OS-2. The van der Waals surface area contributed by atoms with Crippen LogP contribution >= 0.6 is 11.3 Å². The molecule has 0 atom stereocenters. The Morgan fingerprint density at radius 2 is 1.62 bits per heavy atom. The summed E-state index contributed by atoms with van der Waals surface area (Å²) in [5, 5.41) is 3.15. The zero-order valence-electron chi connectivity index (χ0n) is 27.8. The van der Waals surface area contributed by atoms with Gasteiger partial charge in [0, 0.05) is 50.9 Å². The van der Waals surface area contributed by atoms with Gasteiger partial charge in [0.1, 0.15) is 5.58 Å². The third-order valence-corrected chi connectivity index (χ3v) is 9.08. The van der Waals surface area contributed by atoms with E-state index in [9.17, 15) is 0 Å². The van der Waals surface area contributed by atoms with Gasteiger partial charge in [0.25, 0.3) is 0 Å². The molecular weight excluding hydrogens is 775 g/mol. The first kappa shape index (κ1) is 31.1. The monoisotopic (exact) mass is 809 g/mol. The van der Waals surface area contributed by atoms with Gasteiger partial charge in [-0.25, -0.2) is 4.98 Å². The molecule has 1 radical (unpaired) electrons. The van der Waals surface area contributed by atoms with Crippen molar-refractivity contribution in [1.82, 2.24) is 15.0 Å². The number of pyridine rings is 2. The second-order valence-corrected chi connectivity index (χ2v) is 12.9. The quantitative estimate of drug-likeness (QED) is 0.166. The predicted octanol–water partition coefficient (Wildman–Crippen LogP) is 11.3. The molecule has 0 bridgehead atoms. The van der Waals surface area contributed by atoms with Crippen LogP contribution in [-0.4, -0.2) is 15.0 Å². The molecule has 0 spiro atoms. The molecule has 0 fully saturated rings. The van der Waals surface area contributed by atoms with Crippen LogP contribution in [0.1, 0.15) is 42.8 Å². The van der Waals surface area contributed by atoms with E-state index in [0.717, 1.165) is 76.4 Å². The van der Waals surface area contributed by atoms with Gasteiger partial charge >= 0.3 is 0 Å². The number of benzene rings is 4. The largest absolute Gasteiger partial charge is 0.501 e.